The van der Waals surface area contributed by atoms with Crippen LogP contribution in [0.2, 0.25) is 0 Å². The maximum Gasteiger partial charge on any atom is 0.227 e. The van der Waals surface area contributed by atoms with Gasteiger partial charge < -0.3 is 11.1 Å². The Morgan fingerprint density at radius 1 is 1.29 bits per heavy atom. The van der Waals surface area contributed by atoms with Crippen LogP contribution < -0.4 is 11.1 Å². The zero-order valence-electron chi connectivity index (χ0n) is 11.0. The van der Waals surface area contributed by atoms with E-state index in [1.165, 1.54) is 12.8 Å². The molecule has 0 radical (unpaired) electrons. The van der Waals surface area contributed by atoms with Crippen molar-refractivity contribution < 1.29 is 4.79 Å². The lowest BCUT2D eigenvalue weighted by molar-refractivity contribution is -0.132. The number of hydrogen-bond acceptors (Lipinski definition) is 2. The van der Waals surface area contributed by atoms with Gasteiger partial charge in [0.1, 0.15) is 0 Å². The highest BCUT2D eigenvalue weighted by atomic mass is 16.2. The molecule has 0 bridgehead atoms. The van der Waals surface area contributed by atoms with Crippen LogP contribution >= 0.6 is 0 Å². The smallest absolute Gasteiger partial charge is 0.227 e. The van der Waals surface area contributed by atoms with E-state index in [-0.39, 0.29) is 11.3 Å². The first-order valence-corrected chi connectivity index (χ1v) is 7.15. The summed E-state index contributed by atoms with van der Waals surface area (Å²) >= 11 is 0. The van der Waals surface area contributed by atoms with E-state index < -0.39 is 0 Å². The second kappa shape index (κ2) is 5.38. The number of nitrogens with two attached hydrogens (primary N) is 1. The molecule has 0 unspecified atom stereocenters. The highest BCUT2D eigenvalue weighted by molar-refractivity contribution is 5.83. The molecule has 2 aliphatic rings. The van der Waals surface area contributed by atoms with Gasteiger partial charge >= 0.3 is 0 Å². The van der Waals surface area contributed by atoms with Crippen LogP contribution in [0.25, 0.3) is 0 Å². The number of nitrogens with one attached hydrogen (secondary N) is 1. The van der Waals surface area contributed by atoms with Crippen molar-refractivity contribution in [3.05, 3.63) is 0 Å². The minimum atomic E-state index is -0.254. The molecule has 2 aliphatic carbocycles. The Morgan fingerprint density at radius 2 is 1.94 bits per heavy atom. The summed E-state index contributed by atoms with van der Waals surface area (Å²) in [6.07, 6.45) is 8.11. The zero-order valence-corrected chi connectivity index (χ0v) is 11.0. The Hall–Kier alpha value is -0.570. The molecule has 1 amide bonds. The molecule has 2 saturated carbocycles. The largest absolute Gasteiger partial charge is 0.356 e. The molecule has 0 aromatic heterocycles. The monoisotopic (exact) mass is 238 g/mol. The summed E-state index contributed by atoms with van der Waals surface area (Å²) in [6, 6.07) is 0. The van der Waals surface area contributed by atoms with Gasteiger partial charge in [-0.2, -0.15) is 0 Å². The summed E-state index contributed by atoms with van der Waals surface area (Å²) in [5.41, 5.74) is 5.61. The van der Waals surface area contributed by atoms with Crippen molar-refractivity contribution in [3.8, 4) is 0 Å². The van der Waals surface area contributed by atoms with Crippen LogP contribution in [0.3, 0.4) is 0 Å². The number of rotatable bonds is 5. The van der Waals surface area contributed by atoms with Crippen molar-refractivity contribution in [1.29, 1.82) is 0 Å². The highest BCUT2D eigenvalue weighted by Crippen LogP contribution is 2.38. The fourth-order valence-corrected chi connectivity index (χ4v) is 2.82. The van der Waals surface area contributed by atoms with Crippen LogP contribution in [-0.2, 0) is 4.79 Å². The Bertz CT molecular complexity index is 265. The Kier molecular flexibility index (Phi) is 4.08. The molecule has 0 heterocycles. The lowest BCUT2D eigenvalue weighted by Gasteiger charge is -2.37. The summed E-state index contributed by atoms with van der Waals surface area (Å²) < 4.78 is 0. The van der Waals surface area contributed by atoms with E-state index in [0.717, 1.165) is 50.5 Å². The van der Waals surface area contributed by atoms with E-state index in [2.05, 4.69) is 12.2 Å². The molecule has 3 nitrogen and oxygen atoms in total. The van der Waals surface area contributed by atoms with Crippen LogP contribution in [0, 0.1) is 17.3 Å². The van der Waals surface area contributed by atoms with E-state index in [1.807, 2.05) is 0 Å². The molecule has 0 saturated heterocycles. The third-order valence-electron chi connectivity index (χ3n) is 4.64. The van der Waals surface area contributed by atoms with E-state index in [0.29, 0.717) is 6.54 Å². The van der Waals surface area contributed by atoms with Gasteiger partial charge in [0.25, 0.3) is 0 Å². The SMILES string of the molecule is CC1CCC(CN)(C(=O)NCCC2CC2)CC1. The third-order valence-corrected chi connectivity index (χ3v) is 4.64. The van der Waals surface area contributed by atoms with Crippen molar-refractivity contribution in [3.63, 3.8) is 0 Å². The summed E-state index contributed by atoms with van der Waals surface area (Å²) in [6.45, 7) is 3.63. The fourth-order valence-electron chi connectivity index (χ4n) is 2.82. The molecule has 0 aliphatic heterocycles. The first-order chi connectivity index (χ1) is 8.16. The molecule has 0 aromatic carbocycles. The van der Waals surface area contributed by atoms with Gasteiger partial charge in [-0.1, -0.05) is 19.8 Å². The second-order valence-corrected chi connectivity index (χ2v) is 6.15. The molecule has 3 N–H and O–H groups in total. The predicted octanol–water partition coefficient (Wildman–Crippen LogP) is 2.06. The first kappa shape index (κ1) is 12.9. The normalized spacial score (nSPS) is 33.4. The molecule has 0 spiro atoms. The van der Waals surface area contributed by atoms with Gasteiger partial charge in [-0.3, -0.25) is 4.79 Å². The zero-order chi connectivity index (χ0) is 12.3. The van der Waals surface area contributed by atoms with E-state index in [1.54, 1.807) is 0 Å². The van der Waals surface area contributed by atoms with Crippen molar-refractivity contribution in [2.75, 3.05) is 13.1 Å². The van der Waals surface area contributed by atoms with Gasteiger partial charge in [0, 0.05) is 13.1 Å². The van der Waals surface area contributed by atoms with Crippen molar-refractivity contribution in [2.45, 2.75) is 51.9 Å². The summed E-state index contributed by atoms with van der Waals surface area (Å²) in [7, 11) is 0. The number of hydrogen-bond donors (Lipinski definition) is 2. The van der Waals surface area contributed by atoms with Gasteiger partial charge in [-0.25, -0.2) is 0 Å². The van der Waals surface area contributed by atoms with Crippen LogP contribution in [0.15, 0.2) is 0 Å². The molecule has 3 heteroatoms. The van der Waals surface area contributed by atoms with Crippen LogP contribution in [0.1, 0.15) is 51.9 Å². The quantitative estimate of drug-likeness (QED) is 0.770. The number of carbonyl (C=O) groups excluding carboxylic acids is 1. The topological polar surface area (TPSA) is 55.1 Å². The molecular weight excluding hydrogens is 212 g/mol. The standard InChI is InChI=1S/C14H26N2O/c1-11-4-7-14(10-15,8-5-11)13(17)16-9-6-12-2-3-12/h11-12H,2-10,15H2,1H3,(H,16,17). The van der Waals surface area contributed by atoms with E-state index >= 15 is 0 Å². The summed E-state index contributed by atoms with van der Waals surface area (Å²) in [5.74, 6) is 1.86. The van der Waals surface area contributed by atoms with Crippen LogP contribution in [0.5, 0.6) is 0 Å². The van der Waals surface area contributed by atoms with Crippen molar-refractivity contribution >= 4 is 5.91 Å². The second-order valence-electron chi connectivity index (χ2n) is 6.15. The predicted molar refractivity (Wildman–Crippen MR) is 69.5 cm³/mol. The average Bonchev–Trinajstić information content (AvgIpc) is 3.14. The first-order valence-electron chi connectivity index (χ1n) is 7.15. The van der Waals surface area contributed by atoms with Gasteiger partial charge in [0.15, 0.2) is 0 Å². The molecule has 0 aromatic rings. The van der Waals surface area contributed by atoms with Crippen molar-refractivity contribution in [2.24, 2.45) is 23.0 Å². The maximum atomic E-state index is 12.3. The molecular formula is C14H26N2O. The maximum absolute atomic E-state index is 12.3. The minimum absolute atomic E-state index is 0.215. The summed E-state index contributed by atoms with van der Waals surface area (Å²) in [5, 5.41) is 3.11. The Balaban J connectivity index is 1.80. The lowest BCUT2D eigenvalue weighted by atomic mass is 9.70. The van der Waals surface area contributed by atoms with Gasteiger partial charge in [-0.15, -0.1) is 0 Å². The summed E-state index contributed by atoms with van der Waals surface area (Å²) in [4.78, 5) is 12.3. The molecule has 17 heavy (non-hydrogen) atoms. The Labute approximate surface area is 105 Å². The number of amides is 1. The fraction of sp³-hybridized carbons (Fsp3) is 0.929. The minimum Gasteiger partial charge on any atom is -0.356 e. The van der Waals surface area contributed by atoms with Crippen LogP contribution in [0.4, 0.5) is 0 Å². The van der Waals surface area contributed by atoms with Gasteiger partial charge in [-0.05, 0) is 43.9 Å². The van der Waals surface area contributed by atoms with Gasteiger partial charge in [0.2, 0.25) is 5.91 Å². The molecule has 2 fully saturated rings. The van der Waals surface area contributed by atoms with E-state index in [4.69, 9.17) is 5.73 Å². The lowest BCUT2D eigenvalue weighted by Crippen LogP contribution is -2.48. The van der Waals surface area contributed by atoms with Crippen LogP contribution in [-0.4, -0.2) is 19.0 Å². The highest BCUT2D eigenvalue weighted by Gasteiger charge is 2.39. The molecule has 98 valence electrons. The average molecular weight is 238 g/mol. The third kappa shape index (κ3) is 3.21. The van der Waals surface area contributed by atoms with E-state index in [9.17, 15) is 4.79 Å². The van der Waals surface area contributed by atoms with Gasteiger partial charge in [0.05, 0.1) is 5.41 Å². The molecule has 2 rings (SSSR count). The number of carbonyl (C=O) groups is 1. The Morgan fingerprint density at radius 3 is 2.47 bits per heavy atom. The van der Waals surface area contributed by atoms with Crippen molar-refractivity contribution in [1.82, 2.24) is 5.32 Å². The molecule has 0 atom stereocenters.